The molecule has 5 nitrogen and oxygen atoms in total. The summed E-state index contributed by atoms with van der Waals surface area (Å²) in [5.74, 6) is -0.353. The minimum Gasteiger partial charge on any atom is -0.469 e. The van der Waals surface area contributed by atoms with Gasteiger partial charge in [-0.2, -0.15) is 0 Å². The number of hydrogen-bond acceptors (Lipinski definition) is 5. The van der Waals surface area contributed by atoms with E-state index in [9.17, 15) is 15.0 Å². The van der Waals surface area contributed by atoms with Gasteiger partial charge in [-0.1, -0.05) is 30.3 Å². The third-order valence-electron chi connectivity index (χ3n) is 3.35. The van der Waals surface area contributed by atoms with E-state index in [4.69, 9.17) is 4.74 Å². The predicted octanol–water partition coefficient (Wildman–Crippen LogP) is 0.801. The average Bonchev–Trinajstić information content (AvgIpc) is 2.73. The van der Waals surface area contributed by atoms with Crippen molar-refractivity contribution in [3.05, 3.63) is 35.9 Å². The van der Waals surface area contributed by atoms with E-state index in [0.29, 0.717) is 6.42 Å². The zero-order chi connectivity index (χ0) is 13.8. The van der Waals surface area contributed by atoms with Crippen molar-refractivity contribution in [3.63, 3.8) is 0 Å². The van der Waals surface area contributed by atoms with Gasteiger partial charge in [0.25, 0.3) is 0 Å². The molecule has 0 bridgehead atoms. The van der Waals surface area contributed by atoms with Crippen molar-refractivity contribution in [1.29, 1.82) is 0 Å². The predicted molar refractivity (Wildman–Crippen MR) is 67.3 cm³/mol. The van der Waals surface area contributed by atoms with Crippen LogP contribution in [0.5, 0.6) is 0 Å². The van der Waals surface area contributed by atoms with Crippen LogP contribution in [0.1, 0.15) is 24.5 Å². The summed E-state index contributed by atoms with van der Waals surface area (Å²) in [6.45, 7) is 0. The maximum Gasteiger partial charge on any atom is 0.305 e. The highest BCUT2D eigenvalue weighted by molar-refractivity contribution is 5.69. The number of carbonyl (C=O) groups excluding carboxylic acids is 1. The summed E-state index contributed by atoms with van der Waals surface area (Å²) < 4.78 is 10.2. The van der Waals surface area contributed by atoms with Crippen molar-refractivity contribution in [2.75, 3.05) is 7.11 Å². The molecule has 4 atom stereocenters. The molecule has 1 aromatic rings. The first-order chi connectivity index (χ1) is 9.13. The number of ether oxygens (including phenoxy) is 2. The topological polar surface area (TPSA) is 76.0 Å². The molecule has 0 amide bonds. The molecule has 0 aliphatic carbocycles. The second-order valence-corrected chi connectivity index (χ2v) is 4.60. The fraction of sp³-hybridized carbons (Fsp3) is 0.500. The van der Waals surface area contributed by atoms with Crippen LogP contribution in [-0.2, 0) is 14.3 Å². The Hall–Kier alpha value is -1.43. The van der Waals surface area contributed by atoms with Crippen molar-refractivity contribution in [2.24, 2.45) is 0 Å². The smallest absolute Gasteiger partial charge is 0.305 e. The van der Waals surface area contributed by atoms with Crippen LogP contribution in [0.3, 0.4) is 0 Å². The average molecular weight is 266 g/mol. The van der Waals surface area contributed by atoms with Gasteiger partial charge < -0.3 is 19.7 Å². The van der Waals surface area contributed by atoms with Crippen molar-refractivity contribution < 1.29 is 24.5 Å². The van der Waals surface area contributed by atoms with Gasteiger partial charge in [0.2, 0.25) is 0 Å². The Morgan fingerprint density at radius 1 is 1.26 bits per heavy atom. The molecule has 1 aromatic carbocycles. The van der Waals surface area contributed by atoms with Crippen molar-refractivity contribution in [3.8, 4) is 0 Å². The van der Waals surface area contributed by atoms with Crippen LogP contribution in [0, 0.1) is 0 Å². The van der Waals surface area contributed by atoms with Crippen molar-refractivity contribution >= 4 is 5.97 Å². The molecule has 5 heteroatoms. The van der Waals surface area contributed by atoms with Crippen LogP contribution in [0.15, 0.2) is 30.3 Å². The number of hydrogen-bond donors (Lipinski definition) is 2. The molecule has 1 aliphatic heterocycles. The second-order valence-electron chi connectivity index (χ2n) is 4.60. The van der Waals surface area contributed by atoms with E-state index in [2.05, 4.69) is 4.74 Å². The Labute approximate surface area is 111 Å². The molecule has 0 aromatic heterocycles. The maximum absolute atomic E-state index is 11.1. The van der Waals surface area contributed by atoms with Crippen LogP contribution < -0.4 is 0 Å². The number of esters is 1. The largest absolute Gasteiger partial charge is 0.469 e. The summed E-state index contributed by atoms with van der Waals surface area (Å²) in [5, 5.41) is 20.0. The van der Waals surface area contributed by atoms with Gasteiger partial charge in [-0.15, -0.1) is 0 Å². The molecular formula is C14H18O5. The molecule has 1 aliphatic rings. The number of aliphatic hydroxyl groups is 2. The molecule has 2 rings (SSSR count). The highest BCUT2D eigenvalue weighted by Gasteiger charge is 2.43. The van der Waals surface area contributed by atoms with E-state index in [0.717, 1.165) is 5.56 Å². The third-order valence-corrected chi connectivity index (χ3v) is 3.35. The van der Waals surface area contributed by atoms with Crippen LogP contribution in [0.2, 0.25) is 0 Å². The van der Waals surface area contributed by atoms with E-state index in [1.165, 1.54) is 7.11 Å². The zero-order valence-corrected chi connectivity index (χ0v) is 10.7. The second kappa shape index (κ2) is 6.14. The lowest BCUT2D eigenvalue weighted by Crippen LogP contribution is -2.30. The summed E-state index contributed by atoms with van der Waals surface area (Å²) in [4.78, 5) is 11.1. The molecule has 1 heterocycles. The summed E-state index contributed by atoms with van der Waals surface area (Å²) in [6, 6.07) is 9.24. The van der Waals surface area contributed by atoms with Crippen LogP contribution in [0.4, 0.5) is 0 Å². The van der Waals surface area contributed by atoms with Gasteiger partial charge in [-0.3, -0.25) is 4.79 Å². The molecule has 104 valence electrons. The van der Waals surface area contributed by atoms with Gasteiger partial charge in [0.05, 0.1) is 13.2 Å². The van der Waals surface area contributed by atoms with E-state index >= 15 is 0 Å². The first kappa shape index (κ1) is 14.0. The first-order valence-electron chi connectivity index (χ1n) is 6.27. The van der Waals surface area contributed by atoms with Gasteiger partial charge in [0.15, 0.2) is 0 Å². The molecule has 0 saturated carbocycles. The number of carbonyl (C=O) groups is 1. The standard InChI is InChI=1S/C14H18O5/c1-18-11(15)8-7-10-12(16)13(17)14(19-10)9-5-3-2-4-6-9/h2-6,10,12-14,16-17H,7-8H2,1H3/t10-,12-,13-,14+/m0/s1. The molecule has 0 radical (unpaired) electrons. The van der Waals surface area contributed by atoms with Crippen molar-refractivity contribution in [2.45, 2.75) is 37.3 Å². The van der Waals surface area contributed by atoms with Crippen LogP contribution in [-0.4, -0.2) is 41.6 Å². The number of aliphatic hydroxyl groups excluding tert-OH is 2. The molecule has 0 unspecified atom stereocenters. The Morgan fingerprint density at radius 2 is 1.95 bits per heavy atom. The SMILES string of the molecule is COC(=O)CC[C@@H]1O[C@H](c2ccccc2)[C@@H](O)[C@H]1O. The molecular weight excluding hydrogens is 248 g/mol. The highest BCUT2D eigenvalue weighted by Crippen LogP contribution is 2.35. The quantitative estimate of drug-likeness (QED) is 0.788. The number of rotatable bonds is 4. The lowest BCUT2D eigenvalue weighted by molar-refractivity contribution is -0.141. The van der Waals surface area contributed by atoms with Gasteiger partial charge >= 0.3 is 5.97 Å². The van der Waals surface area contributed by atoms with E-state index in [1.54, 1.807) is 0 Å². The molecule has 1 fully saturated rings. The third kappa shape index (κ3) is 3.12. The van der Waals surface area contributed by atoms with Crippen molar-refractivity contribution in [1.82, 2.24) is 0 Å². The van der Waals surface area contributed by atoms with Gasteiger partial charge in [0.1, 0.15) is 18.3 Å². The molecule has 0 spiro atoms. The molecule has 1 saturated heterocycles. The van der Waals surface area contributed by atoms with E-state index in [1.807, 2.05) is 30.3 Å². The van der Waals surface area contributed by atoms with Gasteiger partial charge in [0, 0.05) is 6.42 Å². The molecule has 2 N–H and O–H groups in total. The molecule has 19 heavy (non-hydrogen) atoms. The van der Waals surface area contributed by atoms with E-state index in [-0.39, 0.29) is 12.4 Å². The number of methoxy groups -OCH3 is 1. The summed E-state index contributed by atoms with van der Waals surface area (Å²) in [7, 11) is 1.32. The Bertz CT molecular complexity index is 419. The zero-order valence-electron chi connectivity index (χ0n) is 10.7. The Morgan fingerprint density at radius 3 is 2.58 bits per heavy atom. The summed E-state index contributed by atoms with van der Waals surface area (Å²) >= 11 is 0. The fourth-order valence-electron chi connectivity index (χ4n) is 2.27. The van der Waals surface area contributed by atoms with Gasteiger partial charge in [-0.05, 0) is 12.0 Å². The maximum atomic E-state index is 11.1. The first-order valence-corrected chi connectivity index (χ1v) is 6.27. The fourth-order valence-corrected chi connectivity index (χ4v) is 2.27. The summed E-state index contributed by atoms with van der Waals surface area (Å²) in [5.41, 5.74) is 0.814. The lowest BCUT2D eigenvalue weighted by atomic mass is 10.0. The minimum atomic E-state index is -0.991. The van der Waals surface area contributed by atoms with Crippen LogP contribution in [0.25, 0.3) is 0 Å². The van der Waals surface area contributed by atoms with Gasteiger partial charge in [-0.25, -0.2) is 0 Å². The summed E-state index contributed by atoms with van der Waals surface area (Å²) in [6.07, 6.45) is -2.60. The minimum absolute atomic E-state index is 0.159. The lowest BCUT2D eigenvalue weighted by Gasteiger charge is -2.14. The van der Waals surface area contributed by atoms with Crippen LogP contribution >= 0.6 is 0 Å². The van der Waals surface area contributed by atoms with E-state index < -0.39 is 24.4 Å². The Kier molecular flexibility index (Phi) is 4.52. The normalized spacial score (nSPS) is 30.3. The monoisotopic (exact) mass is 266 g/mol. The number of benzene rings is 1. The highest BCUT2D eigenvalue weighted by atomic mass is 16.5. The Balaban J connectivity index is 2.00.